The van der Waals surface area contributed by atoms with E-state index in [0.29, 0.717) is 16.6 Å². The zero-order chi connectivity index (χ0) is 19.7. The maximum Gasteiger partial charge on any atom is 0.160 e. The van der Waals surface area contributed by atoms with Crippen molar-refractivity contribution in [2.24, 2.45) is 4.99 Å². The van der Waals surface area contributed by atoms with Gasteiger partial charge >= 0.3 is 0 Å². The van der Waals surface area contributed by atoms with E-state index in [1.54, 1.807) is 6.07 Å². The maximum absolute atomic E-state index is 6.53. The molecule has 0 atom stereocenters. The number of thiophene rings is 1. The van der Waals surface area contributed by atoms with Crippen molar-refractivity contribution >= 4 is 40.3 Å². The molecule has 28 heavy (non-hydrogen) atoms. The smallest absolute Gasteiger partial charge is 0.160 e. The molecule has 0 radical (unpaired) electrons. The minimum absolute atomic E-state index is 0.475. The highest BCUT2D eigenvalue weighted by molar-refractivity contribution is 7.15. The van der Waals surface area contributed by atoms with Crippen molar-refractivity contribution in [3.63, 3.8) is 0 Å². The molecule has 0 aliphatic carbocycles. The average molecular weight is 433 g/mol. The highest BCUT2D eigenvalue weighted by Crippen LogP contribution is 2.35. The number of nitrogens with zero attached hydrogens (tertiary/aromatic N) is 4. The number of aliphatic imine (C=N–C) groups is 1. The predicted molar refractivity (Wildman–Crippen MR) is 118 cm³/mol. The van der Waals surface area contributed by atoms with Gasteiger partial charge in [-0.3, -0.25) is 9.56 Å². The van der Waals surface area contributed by atoms with Gasteiger partial charge in [-0.1, -0.05) is 49.4 Å². The normalized spacial score (nSPS) is 13.1. The Labute approximate surface area is 179 Å². The van der Waals surface area contributed by atoms with Gasteiger partial charge in [-0.25, -0.2) is 0 Å². The summed E-state index contributed by atoms with van der Waals surface area (Å²) >= 11 is 14.4. The van der Waals surface area contributed by atoms with E-state index >= 15 is 0 Å². The van der Waals surface area contributed by atoms with Gasteiger partial charge in [-0.2, -0.15) is 0 Å². The van der Waals surface area contributed by atoms with Gasteiger partial charge < -0.3 is 0 Å². The number of unbranched alkanes of at least 4 members (excludes halogenated alkanes) is 3. The van der Waals surface area contributed by atoms with Crippen LogP contribution < -0.4 is 0 Å². The monoisotopic (exact) mass is 432 g/mol. The van der Waals surface area contributed by atoms with Crippen LogP contribution in [-0.4, -0.2) is 20.5 Å². The van der Waals surface area contributed by atoms with Crippen molar-refractivity contribution in [2.45, 2.75) is 52.5 Å². The fourth-order valence-corrected chi connectivity index (χ4v) is 5.30. The van der Waals surface area contributed by atoms with Gasteiger partial charge in [0.1, 0.15) is 17.4 Å². The molecule has 2 aromatic heterocycles. The summed E-state index contributed by atoms with van der Waals surface area (Å²) in [5.74, 6) is 1.74. The quantitative estimate of drug-likeness (QED) is 0.421. The number of aryl methyl sites for hydroxylation is 2. The van der Waals surface area contributed by atoms with Crippen molar-refractivity contribution < 1.29 is 0 Å². The summed E-state index contributed by atoms with van der Waals surface area (Å²) in [6, 6.07) is 7.85. The van der Waals surface area contributed by atoms with Crippen LogP contribution in [0.25, 0.3) is 5.00 Å². The first-order chi connectivity index (χ1) is 13.6. The Bertz CT molecular complexity index is 1040. The largest absolute Gasteiger partial charge is 0.276 e. The van der Waals surface area contributed by atoms with Crippen LogP contribution in [0.1, 0.15) is 60.3 Å². The Morgan fingerprint density at radius 2 is 1.93 bits per heavy atom. The van der Waals surface area contributed by atoms with Gasteiger partial charge in [-0.05, 0) is 44.0 Å². The molecule has 0 saturated heterocycles. The summed E-state index contributed by atoms with van der Waals surface area (Å²) in [6.07, 6.45) is 6.08. The fourth-order valence-electron chi connectivity index (χ4n) is 3.54. The molecule has 0 spiro atoms. The zero-order valence-corrected chi connectivity index (χ0v) is 18.3. The van der Waals surface area contributed by atoms with Gasteiger partial charge in [0.15, 0.2) is 5.82 Å². The van der Waals surface area contributed by atoms with Gasteiger partial charge in [-0.15, -0.1) is 21.5 Å². The molecular weight excluding hydrogens is 411 g/mol. The van der Waals surface area contributed by atoms with E-state index < -0.39 is 0 Å². The predicted octanol–water partition coefficient (Wildman–Crippen LogP) is 6.42. The van der Waals surface area contributed by atoms with Gasteiger partial charge in [0, 0.05) is 21.0 Å². The van der Waals surface area contributed by atoms with Crippen LogP contribution in [0.5, 0.6) is 0 Å². The van der Waals surface area contributed by atoms with Crippen LogP contribution in [0.15, 0.2) is 29.3 Å². The summed E-state index contributed by atoms with van der Waals surface area (Å²) in [5.41, 5.74) is 2.90. The Balaban J connectivity index is 1.79. The molecule has 4 rings (SSSR count). The van der Waals surface area contributed by atoms with Crippen LogP contribution in [0.2, 0.25) is 10.0 Å². The maximum atomic E-state index is 6.53. The summed E-state index contributed by atoms with van der Waals surface area (Å²) in [5, 5.41) is 11.0. The molecule has 3 aromatic rings. The SMILES string of the molecule is CCCCCCc1cc2c(s1)-n1c(C)nnc1CN=C2c1ccc(Cl)cc1Cl. The second-order valence-electron chi connectivity index (χ2n) is 7.03. The molecule has 0 saturated carbocycles. The minimum atomic E-state index is 0.475. The number of aromatic nitrogens is 3. The van der Waals surface area contributed by atoms with Crippen molar-refractivity contribution in [3.8, 4) is 5.00 Å². The van der Waals surface area contributed by atoms with Crippen molar-refractivity contribution in [3.05, 3.63) is 62.0 Å². The molecule has 3 heterocycles. The average Bonchev–Trinajstić information content (AvgIpc) is 3.20. The second kappa shape index (κ2) is 8.36. The lowest BCUT2D eigenvalue weighted by atomic mass is 10.0. The lowest BCUT2D eigenvalue weighted by Gasteiger charge is -2.09. The van der Waals surface area contributed by atoms with Crippen molar-refractivity contribution in [1.82, 2.24) is 14.8 Å². The minimum Gasteiger partial charge on any atom is -0.276 e. The van der Waals surface area contributed by atoms with E-state index in [2.05, 4.69) is 27.8 Å². The third-order valence-electron chi connectivity index (χ3n) is 4.96. The van der Waals surface area contributed by atoms with Gasteiger partial charge in [0.05, 0.1) is 10.7 Å². The summed E-state index contributed by atoms with van der Waals surface area (Å²) in [6.45, 7) is 4.70. The molecule has 7 heteroatoms. The van der Waals surface area contributed by atoms with Gasteiger partial charge in [0.25, 0.3) is 0 Å². The molecule has 1 aliphatic heterocycles. The van der Waals surface area contributed by atoms with Crippen molar-refractivity contribution in [1.29, 1.82) is 0 Å². The van der Waals surface area contributed by atoms with Crippen molar-refractivity contribution in [2.75, 3.05) is 0 Å². The van der Waals surface area contributed by atoms with E-state index in [-0.39, 0.29) is 0 Å². The molecule has 0 N–H and O–H groups in total. The van der Waals surface area contributed by atoms with Crippen LogP contribution in [0, 0.1) is 6.92 Å². The summed E-state index contributed by atoms with van der Waals surface area (Å²) in [7, 11) is 0. The first-order valence-electron chi connectivity index (χ1n) is 9.62. The molecule has 0 amide bonds. The molecule has 0 unspecified atom stereocenters. The fraction of sp³-hybridized carbons (Fsp3) is 0.381. The molecule has 0 bridgehead atoms. The first kappa shape index (κ1) is 19.6. The molecule has 146 valence electrons. The van der Waals surface area contributed by atoms with E-state index in [1.807, 2.05) is 30.4 Å². The number of fused-ring (bicyclic) bond motifs is 3. The van der Waals surface area contributed by atoms with Crippen LogP contribution >= 0.6 is 34.5 Å². The van der Waals surface area contributed by atoms with Crippen LogP contribution in [-0.2, 0) is 13.0 Å². The topological polar surface area (TPSA) is 43.1 Å². The number of halogens is 2. The van der Waals surface area contributed by atoms with E-state index in [0.717, 1.165) is 39.9 Å². The first-order valence-corrected chi connectivity index (χ1v) is 11.2. The van der Waals surface area contributed by atoms with Crippen LogP contribution in [0.4, 0.5) is 0 Å². The number of hydrogen-bond donors (Lipinski definition) is 0. The second-order valence-corrected chi connectivity index (χ2v) is 8.99. The third-order valence-corrected chi connectivity index (χ3v) is 6.68. The third kappa shape index (κ3) is 3.76. The highest BCUT2D eigenvalue weighted by atomic mass is 35.5. The van der Waals surface area contributed by atoms with E-state index in [4.69, 9.17) is 28.2 Å². The molecule has 1 aromatic carbocycles. The lowest BCUT2D eigenvalue weighted by molar-refractivity contribution is 0.670. The van der Waals surface area contributed by atoms with E-state index in [9.17, 15) is 0 Å². The Morgan fingerprint density at radius 1 is 1.07 bits per heavy atom. The van der Waals surface area contributed by atoms with Gasteiger partial charge in [0.2, 0.25) is 0 Å². The number of hydrogen-bond acceptors (Lipinski definition) is 4. The number of benzene rings is 1. The highest BCUT2D eigenvalue weighted by Gasteiger charge is 2.25. The summed E-state index contributed by atoms with van der Waals surface area (Å²) < 4.78 is 2.13. The van der Waals surface area contributed by atoms with Crippen LogP contribution in [0.3, 0.4) is 0 Å². The lowest BCUT2D eigenvalue weighted by Crippen LogP contribution is -2.06. The Morgan fingerprint density at radius 3 is 2.71 bits per heavy atom. The standard InChI is InChI=1S/C21H22Cl2N4S/c1-3-4-5-6-7-15-11-17-20(16-9-8-14(22)10-18(16)23)24-12-19-26-25-13(2)27(19)21(17)28-15/h8-11H,3-7,12H2,1-2H3. The Hall–Kier alpha value is -1.69. The zero-order valence-electron chi connectivity index (χ0n) is 16.0. The molecule has 1 aliphatic rings. The summed E-state index contributed by atoms with van der Waals surface area (Å²) in [4.78, 5) is 6.24. The Kier molecular flexibility index (Phi) is 5.85. The van der Waals surface area contributed by atoms with E-state index in [1.165, 1.54) is 30.6 Å². The number of rotatable bonds is 6. The molecule has 4 nitrogen and oxygen atoms in total. The molecule has 0 fully saturated rings. The molecular formula is C21H22Cl2N4S.